The summed E-state index contributed by atoms with van der Waals surface area (Å²) in [6.07, 6.45) is 1.42. The van der Waals surface area contributed by atoms with Crippen LogP contribution in [0.1, 0.15) is 32.9 Å². The Morgan fingerprint density at radius 2 is 1.61 bits per heavy atom. The lowest BCUT2D eigenvalue weighted by Crippen LogP contribution is -2.40. The van der Waals surface area contributed by atoms with Crippen LogP contribution in [0.15, 0.2) is 60.7 Å². The molecule has 1 fully saturated rings. The zero-order valence-corrected chi connectivity index (χ0v) is 17.9. The second-order valence-corrected chi connectivity index (χ2v) is 8.90. The highest BCUT2D eigenvalue weighted by Gasteiger charge is 2.29. The van der Waals surface area contributed by atoms with Crippen molar-refractivity contribution in [2.24, 2.45) is 5.92 Å². The number of piperidine rings is 1. The Hall–Kier alpha value is -3.12. The van der Waals surface area contributed by atoms with E-state index in [9.17, 15) is 9.59 Å². The minimum atomic E-state index is -0.0111. The molecule has 2 aromatic carbocycles. The minimum absolute atomic E-state index is 0.0111. The van der Waals surface area contributed by atoms with Crippen LogP contribution in [0.3, 0.4) is 0 Å². The smallest absolute Gasteiger partial charge is 0.263 e. The molecule has 158 valence electrons. The molecule has 2 aliphatic rings. The molecule has 3 heterocycles. The fourth-order valence-corrected chi connectivity index (χ4v) is 5.11. The molecule has 0 spiro atoms. The maximum absolute atomic E-state index is 13.0. The van der Waals surface area contributed by atoms with Gasteiger partial charge in [0.05, 0.1) is 4.88 Å². The van der Waals surface area contributed by atoms with Gasteiger partial charge in [0.2, 0.25) is 0 Å². The van der Waals surface area contributed by atoms with E-state index in [1.807, 2.05) is 65.6 Å². The van der Waals surface area contributed by atoms with Gasteiger partial charge in [0.25, 0.3) is 5.91 Å². The van der Waals surface area contributed by atoms with Crippen molar-refractivity contribution in [3.05, 3.63) is 71.1 Å². The van der Waals surface area contributed by atoms with Gasteiger partial charge in [-0.15, -0.1) is 11.3 Å². The van der Waals surface area contributed by atoms with Gasteiger partial charge in [-0.2, -0.15) is 0 Å². The number of Topliss-reactive ketones (excluding diaryl/α,β-unsaturated/α-hetero) is 1. The van der Waals surface area contributed by atoms with E-state index < -0.39 is 0 Å². The lowest BCUT2D eigenvalue weighted by atomic mass is 9.89. The summed E-state index contributed by atoms with van der Waals surface area (Å²) >= 11 is 1.49. The van der Waals surface area contributed by atoms with E-state index in [1.54, 1.807) is 0 Å². The van der Waals surface area contributed by atoms with Crippen LogP contribution in [0.25, 0.3) is 10.4 Å². The Kier molecular flexibility index (Phi) is 5.47. The van der Waals surface area contributed by atoms with E-state index in [-0.39, 0.29) is 17.6 Å². The first-order valence-corrected chi connectivity index (χ1v) is 11.4. The quantitative estimate of drug-likeness (QED) is 0.548. The Morgan fingerprint density at radius 3 is 2.39 bits per heavy atom. The predicted octanol–water partition coefficient (Wildman–Crippen LogP) is 4.92. The van der Waals surface area contributed by atoms with Gasteiger partial charge >= 0.3 is 0 Å². The summed E-state index contributed by atoms with van der Waals surface area (Å²) in [6, 6.07) is 19.2. The molecule has 2 aliphatic heterocycles. The molecule has 3 aromatic rings. The largest absolute Gasteiger partial charge is 0.486 e. The highest BCUT2D eigenvalue weighted by atomic mass is 32.1. The third-order valence-electron chi connectivity index (χ3n) is 5.85. The van der Waals surface area contributed by atoms with Crippen molar-refractivity contribution in [1.82, 2.24) is 4.90 Å². The average Bonchev–Trinajstić information content (AvgIpc) is 3.34. The summed E-state index contributed by atoms with van der Waals surface area (Å²) in [7, 11) is 0. The van der Waals surface area contributed by atoms with Gasteiger partial charge in [0, 0.05) is 29.4 Å². The summed E-state index contributed by atoms with van der Waals surface area (Å²) in [5.41, 5.74) is 1.77. The fraction of sp³-hybridized carbons (Fsp3) is 0.280. The number of nitrogens with zero attached hydrogens (tertiary/aromatic N) is 1. The Balaban J connectivity index is 1.24. The van der Waals surface area contributed by atoms with E-state index in [1.165, 1.54) is 11.3 Å². The topological polar surface area (TPSA) is 55.8 Å². The van der Waals surface area contributed by atoms with E-state index in [0.717, 1.165) is 32.4 Å². The van der Waals surface area contributed by atoms with Crippen molar-refractivity contribution < 1.29 is 19.1 Å². The molecule has 0 radical (unpaired) electrons. The number of amides is 1. The normalized spacial score (nSPS) is 16.2. The zero-order chi connectivity index (χ0) is 21.2. The van der Waals surface area contributed by atoms with Crippen molar-refractivity contribution in [2.75, 3.05) is 26.3 Å². The van der Waals surface area contributed by atoms with Gasteiger partial charge < -0.3 is 14.4 Å². The first-order chi connectivity index (χ1) is 15.2. The summed E-state index contributed by atoms with van der Waals surface area (Å²) in [5.74, 6) is 1.72. The molecule has 0 saturated carbocycles. The molecule has 0 bridgehead atoms. The Bertz CT molecular complexity index is 1100. The van der Waals surface area contributed by atoms with Crippen LogP contribution in [-0.2, 0) is 0 Å². The molecule has 0 N–H and O–H groups in total. The molecule has 1 amide bonds. The van der Waals surface area contributed by atoms with E-state index in [0.29, 0.717) is 39.1 Å². The fourth-order valence-electron chi connectivity index (χ4n) is 4.14. The number of benzene rings is 2. The number of fused-ring (bicyclic) bond motifs is 1. The number of carbonyl (C=O) groups excluding carboxylic acids is 2. The lowest BCUT2D eigenvalue weighted by Gasteiger charge is -2.31. The molecule has 0 aliphatic carbocycles. The summed E-state index contributed by atoms with van der Waals surface area (Å²) in [5, 5.41) is 0. The van der Waals surface area contributed by atoms with Gasteiger partial charge in [-0.05, 0) is 48.7 Å². The Labute approximate surface area is 185 Å². The number of ether oxygens (including phenoxy) is 2. The highest BCUT2D eigenvalue weighted by Crippen LogP contribution is 2.37. The standard InChI is InChI=1S/C25H23NO4S/c27-24(17-4-2-1-3-5-17)18-10-12-26(13-11-18)25(28)23-9-8-22(31-23)19-6-7-20-21(16-19)30-15-14-29-20/h1-9,16,18H,10-15H2. The number of carbonyl (C=O) groups is 2. The van der Waals surface area contributed by atoms with Crippen molar-refractivity contribution in [3.63, 3.8) is 0 Å². The number of thiophene rings is 1. The van der Waals surface area contributed by atoms with Crippen LogP contribution in [0.5, 0.6) is 11.5 Å². The van der Waals surface area contributed by atoms with Crippen LogP contribution >= 0.6 is 11.3 Å². The SMILES string of the molecule is O=C(c1ccccc1)C1CCN(C(=O)c2ccc(-c3ccc4c(c3)OCCO4)s2)CC1. The number of rotatable bonds is 4. The van der Waals surface area contributed by atoms with Crippen LogP contribution in [0.4, 0.5) is 0 Å². The number of likely N-dealkylation sites (tertiary alicyclic amines) is 1. The molecule has 1 aromatic heterocycles. The van der Waals surface area contributed by atoms with Crippen molar-refractivity contribution in [2.45, 2.75) is 12.8 Å². The summed E-state index contributed by atoms with van der Waals surface area (Å²) in [4.78, 5) is 29.3. The molecule has 5 rings (SSSR count). The van der Waals surface area contributed by atoms with Crippen LogP contribution in [0, 0.1) is 5.92 Å². The number of ketones is 1. The van der Waals surface area contributed by atoms with Crippen molar-refractivity contribution >= 4 is 23.0 Å². The van der Waals surface area contributed by atoms with E-state index in [2.05, 4.69) is 0 Å². The lowest BCUT2D eigenvalue weighted by molar-refractivity contribution is 0.0654. The monoisotopic (exact) mass is 433 g/mol. The van der Waals surface area contributed by atoms with Crippen LogP contribution < -0.4 is 9.47 Å². The summed E-state index contributed by atoms with van der Waals surface area (Å²) < 4.78 is 11.3. The van der Waals surface area contributed by atoms with Crippen LogP contribution in [-0.4, -0.2) is 42.9 Å². The third-order valence-corrected chi connectivity index (χ3v) is 6.98. The molecule has 0 unspecified atom stereocenters. The second-order valence-electron chi connectivity index (χ2n) is 7.82. The highest BCUT2D eigenvalue weighted by molar-refractivity contribution is 7.17. The molecule has 5 nitrogen and oxygen atoms in total. The van der Waals surface area contributed by atoms with E-state index >= 15 is 0 Å². The minimum Gasteiger partial charge on any atom is -0.486 e. The first kappa shape index (κ1) is 19.8. The zero-order valence-electron chi connectivity index (χ0n) is 17.1. The summed E-state index contributed by atoms with van der Waals surface area (Å²) in [6.45, 7) is 2.34. The molecule has 31 heavy (non-hydrogen) atoms. The van der Waals surface area contributed by atoms with Gasteiger partial charge in [0.1, 0.15) is 13.2 Å². The van der Waals surface area contributed by atoms with Gasteiger partial charge in [-0.1, -0.05) is 30.3 Å². The molecule has 6 heteroatoms. The second kappa shape index (κ2) is 8.55. The first-order valence-electron chi connectivity index (χ1n) is 10.6. The van der Waals surface area contributed by atoms with Gasteiger partial charge in [-0.3, -0.25) is 9.59 Å². The van der Waals surface area contributed by atoms with Crippen LogP contribution in [0.2, 0.25) is 0 Å². The maximum atomic E-state index is 13.0. The predicted molar refractivity (Wildman–Crippen MR) is 120 cm³/mol. The molecule has 0 atom stereocenters. The third kappa shape index (κ3) is 4.08. The molecule has 1 saturated heterocycles. The molecular weight excluding hydrogens is 410 g/mol. The number of hydrogen-bond donors (Lipinski definition) is 0. The van der Waals surface area contributed by atoms with Gasteiger partial charge in [-0.25, -0.2) is 0 Å². The average molecular weight is 434 g/mol. The maximum Gasteiger partial charge on any atom is 0.263 e. The van der Waals surface area contributed by atoms with Gasteiger partial charge in [0.15, 0.2) is 17.3 Å². The number of hydrogen-bond acceptors (Lipinski definition) is 5. The van der Waals surface area contributed by atoms with Crippen molar-refractivity contribution in [3.8, 4) is 21.9 Å². The van der Waals surface area contributed by atoms with E-state index in [4.69, 9.17) is 9.47 Å². The molecular formula is C25H23NO4S. The Morgan fingerprint density at radius 1 is 0.871 bits per heavy atom. The van der Waals surface area contributed by atoms with Crippen molar-refractivity contribution in [1.29, 1.82) is 0 Å².